The van der Waals surface area contributed by atoms with Gasteiger partial charge in [-0.1, -0.05) is 50.0 Å². The Bertz CT molecular complexity index is 788. The molecule has 1 aromatic carbocycles. The molecule has 27 heavy (non-hydrogen) atoms. The van der Waals surface area contributed by atoms with Crippen LogP contribution in [-0.2, 0) is 14.4 Å². The monoisotopic (exact) mass is 409 g/mol. The Morgan fingerprint density at radius 3 is 2.41 bits per heavy atom. The molecule has 1 amide bonds. The van der Waals surface area contributed by atoms with Gasteiger partial charge >= 0.3 is 11.9 Å². The second kappa shape index (κ2) is 9.01. The molecule has 144 valence electrons. The van der Waals surface area contributed by atoms with E-state index in [9.17, 15) is 19.5 Å². The van der Waals surface area contributed by atoms with E-state index in [-0.39, 0.29) is 23.3 Å². The van der Waals surface area contributed by atoms with Crippen molar-refractivity contribution in [2.45, 2.75) is 26.3 Å². The van der Waals surface area contributed by atoms with Crippen LogP contribution in [0.25, 0.3) is 6.08 Å². The molecule has 0 aromatic heterocycles. The number of nitrogens with zero attached hydrogens (tertiary/aromatic N) is 1. The largest absolute Gasteiger partial charge is 0.493 e. The summed E-state index contributed by atoms with van der Waals surface area (Å²) in [5, 5.41) is 18.0. The smallest absolute Gasteiger partial charge is 0.327 e. The van der Waals surface area contributed by atoms with Crippen molar-refractivity contribution < 1.29 is 29.3 Å². The minimum absolute atomic E-state index is 0.0686. The van der Waals surface area contributed by atoms with Crippen LogP contribution in [-0.4, -0.2) is 49.9 Å². The standard InChI is InChI=1S/C18H19NO6S2/c1-10(2)15(17(23)24)19-16(22)13(27-18(19)26)9-11-3-5-12(6-4-11)25-8-7-14(20)21/h3-6,9-10,15H,7-8H2,1-2H3,(H,20,21)(H,23,24)/b13-9-. The van der Waals surface area contributed by atoms with E-state index >= 15 is 0 Å². The maximum Gasteiger partial charge on any atom is 0.327 e. The second-order valence-electron chi connectivity index (χ2n) is 6.14. The molecule has 1 heterocycles. The van der Waals surface area contributed by atoms with E-state index in [0.29, 0.717) is 10.7 Å². The number of carbonyl (C=O) groups excluding carboxylic acids is 1. The van der Waals surface area contributed by atoms with Crippen LogP contribution < -0.4 is 4.74 Å². The lowest BCUT2D eigenvalue weighted by Crippen LogP contribution is -2.47. The van der Waals surface area contributed by atoms with Gasteiger partial charge in [0.25, 0.3) is 5.91 Å². The van der Waals surface area contributed by atoms with Gasteiger partial charge in [-0.25, -0.2) is 4.79 Å². The molecular weight excluding hydrogens is 390 g/mol. The van der Waals surface area contributed by atoms with Crippen LogP contribution in [0.1, 0.15) is 25.8 Å². The van der Waals surface area contributed by atoms with Gasteiger partial charge in [-0.05, 0) is 29.7 Å². The maximum absolute atomic E-state index is 12.6. The van der Waals surface area contributed by atoms with Gasteiger partial charge in [-0.15, -0.1) is 0 Å². The summed E-state index contributed by atoms with van der Waals surface area (Å²) < 4.78 is 5.54. The van der Waals surface area contributed by atoms with Gasteiger partial charge in [-0.2, -0.15) is 0 Å². The molecule has 1 aliphatic heterocycles. The summed E-state index contributed by atoms with van der Waals surface area (Å²) in [6.45, 7) is 3.52. The summed E-state index contributed by atoms with van der Waals surface area (Å²) in [6.07, 6.45) is 1.55. The summed E-state index contributed by atoms with van der Waals surface area (Å²) in [5.41, 5.74) is 0.720. The molecule has 0 aliphatic carbocycles. The fraction of sp³-hybridized carbons (Fsp3) is 0.333. The van der Waals surface area contributed by atoms with E-state index in [1.54, 1.807) is 44.2 Å². The first-order valence-electron chi connectivity index (χ1n) is 8.15. The zero-order chi connectivity index (χ0) is 20.1. The normalized spacial score (nSPS) is 16.9. The predicted molar refractivity (Wildman–Crippen MR) is 105 cm³/mol. The third-order valence-electron chi connectivity index (χ3n) is 3.75. The van der Waals surface area contributed by atoms with Gasteiger partial charge in [0.05, 0.1) is 17.9 Å². The molecule has 1 unspecified atom stereocenters. The van der Waals surface area contributed by atoms with Crippen LogP contribution in [0, 0.1) is 5.92 Å². The van der Waals surface area contributed by atoms with E-state index in [1.165, 1.54) is 0 Å². The number of thiocarbonyl (C=S) groups is 1. The van der Waals surface area contributed by atoms with Gasteiger partial charge in [0.15, 0.2) is 0 Å². The molecule has 0 spiro atoms. The number of rotatable bonds is 8. The van der Waals surface area contributed by atoms with Crippen molar-refractivity contribution in [3.8, 4) is 5.75 Å². The first kappa shape index (κ1) is 20.9. The van der Waals surface area contributed by atoms with Crippen molar-refractivity contribution in [2.24, 2.45) is 5.92 Å². The summed E-state index contributed by atoms with van der Waals surface area (Å²) >= 11 is 6.28. The minimum Gasteiger partial charge on any atom is -0.493 e. The molecule has 2 N–H and O–H groups in total. The molecule has 0 saturated carbocycles. The highest BCUT2D eigenvalue weighted by atomic mass is 32.2. The SMILES string of the molecule is CC(C)C(C(=O)O)N1C(=O)/C(=C/c2ccc(OCCC(=O)O)cc2)SC1=S. The average molecular weight is 409 g/mol. The highest BCUT2D eigenvalue weighted by Gasteiger charge is 2.41. The number of amides is 1. The van der Waals surface area contributed by atoms with Crippen molar-refractivity contribution in [1.29, 1.82) is 0 Å². The third-order valence-corrected chi connectivity index (χ3v) is 5.08. The van der Waals surface area contributed by atoms with E-state index in [0.717, 1.165) is 22.2 Å². The van der Waals surface area contributed by atoms with E-state index in [4.69, 9.17) is 22.1 Å². The molecule has 0 bridgehead atoms. The Morgan fingerprint density at radius 2 is 1.89 bits per heavy atom. The molecule has 1 aliphatic rings. The van der Waals surface area contributed by atoms with Crippen molar-refractivity contribution in [2.75, 3.05) is 6.61 Å². The maximum atomic E-state index is 12.6. The Morgan fingerprint density at radius 1 is 1.26 bits per heavy atom. The third kappa shape index (κ3) is 5.30. The fourth-order valence-electron chi connectivity index (χ4n) is 2.48. The predicted octanol–water partition coefficient (Wildman–Crippen LogP) is 2.85. The average Bonchev–Trinajstić information content (AvgIpc) is 2.83. The summed E-state index contributed by atoms with van der Waals surface area (Å²) in [4.78, 5) is 36.2. The topological polar surface area (TPSA) is 104 Å². The van der Waals surface area contributed by atoms with Crippen LogP contribution in [0.5, 0.6) is 5.75 Å². The zero-order valence-corrected chi connectivity index (χ0v) is 16.4. The summed E-state index contributed by atoms with van der Waals surface area (Å²) in [6, 6.07) is 5.78. The lowest BCUT2D eigenvalue weighted by molar-refractivity contribution is -0.146. The molecule has 0 radical (unpaired) electrons. The lowest BCUT2D eigenvalue weighted by Gasteiger charge is -2.26. The van der Waals surface area contributed by atoms with Crippen LogP contribution in [0.3, 0.4) is 0 Å². The number of carboxylic acids is 2. The van der Waals surface area contributed by atoms with Gasteiger partial charge in [0.2, 0.25) is 0 Å². The summed E-state index contributed by atoms with van der Waals surface area (Å²) in [5.74, 6) is -2.22. The number of benzene rings is 1. The Kier molecular flexibility index (Phi) is 6.98. The Labute approximate surface area is 166 Å². The first-order valence-corrected chi connectivity index (χ1v) is 9.37. The Balaban J connectivity index is 2.13. The van der Waals surface area contributed by atoms with E-state index in [2.05, 4.69) is 0 Å². The Hall–Kier alpha value is -2.39. The van der Waals surface area contributed by atoms with Crippen LogP contribution in [0.15, 0.2) is 29.2 Å². The van der Waals surface area contributed by atoms with E-state index < -0.39 is 23.9 Å². The number of hydrogen-bond donors (Lipinski definition) is 2. The molecular formula is C18H19NO6S2. The van der Waals surface area contributed by atoms with Crippen LogP contribution in [0.2, 0.25) is 0 Å². The highest BCUT2D eigenvalue weighted by Crippen LogP contribution is 2.35. The van der Waals surface area contributed by atoms with Gasteiger partial charge in [0, 0.05) is 0 Å². The van der Waals surface area contributed by atoms with Crippen molar-refractivity contribution in [3.05, 3.63) is 34.7 Å². The number of aliphatic carboxylic acids is 2. The van der Waals surface area contributed by atoms with Crippen LogP contribution >= 0.6 is 24.0 Å². The first-order chi connectivity index (χ1) is 12.7. The van der Waals surface area contributed by atoms with E-state index in [1.807, 2.05) is 0 Å². The van der Waals surface area contributed by atoms with Crippen molar-refractivity contribution >= 4 is 52.2 Å². The second-order valence-corrected chi connectivity index (χ2v) is 7.82. The number of carboxylic acid groups (broad SMARTS) is 2. The van der Waals surface area contributed by atoms with Gasteiger partial charge < -0.3 is 14.9 Å². The molecule has 7 nitrogen and oxygen atoms in total. The minimum atomic E-state index is -1.09. The number of ether oxygens (including phenoxy) is 1. The number of carbonyl (C=O) groups is 3. The van der Waals surface area contributed by atoms with Crippen LogP contribution in [0.4, 0.5) is 0 Å². The van der Waals surface area contributed by atoms with Crippen molar-refractivity contribution in [3.63, 3.8) is 0 Å². The quantitative estimate of drug-likeness (QED) is 0.499. The molecule has 1 saturated heterocycles. The number of thioether (sulfide) groups is 1. The molecule has 9 heteroatoms. The number of hydrogen-bond acceptors (Lipinski definition) is 6. The molecule has 1 aromatic rings. The highest BCUT2D eigenvalue weighted by molar-refractivity contribution is 8.26. The van der Waals surface area contributed by atoms with Gasteiger partial charge in [0.1, 0.15) is 16.1 Å². The van der Waals surface area contributed by atoms with Gasteiger partial charge in [-0.3, -0.25) is 14.5 Å². The zero-order valence-electron chi connectivity index (χ0n) is 14.7. The molecule has 1 fully saturated rings. The fourth-order valence-corrected chi connectivity index (χ4v) is 3.81. The summed E-state index contributed by atoms with van der Waals surface area (Å²) in [7, 11) is 0. The van der Waals surface area contributed by atoms with Crippen molar-refractivity contribution in [1.82, 2.24) is 4.90 Å². The lowest BCUT2D eigenvalue weighted by atomic mass is 10.0. The molecule has 2 rings (SSSR count). The molecule has 1 atom stereocenters.